The minimum absolute atomic E-state index is 0.160. The minimum Gasteiger partial charge on any atom is -0.468 e. The number of hydrogen-bond donors (Lipinski definition) is 0. The zero-order chi connectivity index (χ0) is 14.8. The van der Waals surface area contributed by atoms with Gasteiger partial charge in [0.25, 0.3) is 0 Å². The molecule has 1 atom stereocenters. The average Bonchev–Trinajstić information content (AvgIpc) is 2.47. The van der Waals surface area contributed by atoms with Crippen LogP contribution in [0.1, 0.15) is 5.56 Å². The lowest BCUT2D eigenvalue weighted by Gasteiger charge is -2.30. The number of rotatable bonds is 3. The first-order valence-corrected chi connectivity index (χ1v) is 8.70. The van der Waals surface area contributed by atoms with Crippen LogP contribution in [-0.4, -0.2) is 49.9 Å². The standard InChI is InChI=1S/C13H17NO4S2/c1-10-3-5-11(6-4-10)20(16,17)14-7-8-19-12(9-14)13(15)18-2/h3-6,12H,7-9H2,1-2H3/t12-/m0/s1. The van der Waals surface area contributed by atoms with Gasteiger partial charge in [0.1, 0.15) is 5.25 Å². The summed E-state index contributed by atoms with van der Waals surface area (Å²) in [5.74, 6) is 0.212. The molecule has 0 saturated carbocycles. The second-order valence-corrected chi connectivity index (χ2v) is 7.81. The van der Waals surface area contributed by atoms with E-state index in [-0.39, 0.29) is 17.4 Å². The van der Waals surface area contributed by atoms with Crippen molar-refractivity contribution in [2.45, 2.75) is 17.1 Å². The van der Waals surface area contributed by atoms with Gasteiger partial charge in [0, 0.05) is 18.8 Å². The predicted octanol–water partition coefficient (Wildman–Crippen LogP) is 1.27. The molecule has 0 unspecified atom stereocenters. The van der Waals surface area contributed by atoms with Crippen LogP contribution in [0.2, 0.25) is 0 Å². The van der Waals surface area contributed by atoms with Crippen LogP contribution in [0.5, 0.6) is 0 Å². The molecule has 2 rings (SSSR count). The van der Waals surface area contributed by atoms with Crippen LogP contribution in [-0.2, 0) is 19.6 Å². The average molecular weight is 315 g/mol. The maximum absolute atomic E-state index is 12.5. The first-order chi connectivity index (χ1) is 9.45. The fraction of sp³-hybridized carbons (Fsp3) is 0.462. The lowest BCUT2D eigenvalue weighted by Crippen LogP contribution is -2.44. The van der Waals surface area contributed by atoms with E-state index in [1.807, 2.05) is 6.92 Å². The second kappa shape index (κ2) is 6.15. The number of ether oxygens (including phenoxy) is 1. The van der Waals surface area contributed by atoms with Gasteiger partial charge in [-0.3, -0.25) is 4.79 Å². The van der Waals surface area contributed by atoms with Gasteiger partial charge >= 0.3 is 5.97 Å². The van der Waals surface area contributed by atoms with Crippen molar-refractivity contribution in [3.8, 4) is 0 Å². The second-order valence-electron chi connectivity index (χ2n) is 4.56. The molecular formula is C13H17NO4S2. The van der Waals surface area contributed by atoms with Gasteiger partial charge in [-0.25, -0.2) is 8.42 Å². The number of thioether (sulfide) groups is 1. The molecule has 0 radical (unpaired) electrons. The van der Waals surface area contributed by atoms with E-state index < -0.39 is 15.3 Å². The topological polar surface area (TPSA) is 63.7 Å². The maximum Gasteiger partial charge on any atom is 0.320 e. The van der Waals surface area contributed by atoms with Crippen LogP contribution in [0.15, 0.2) is 29.2 Å². The van der Waals surface area contributed by atoms with Gasteiger partial charge in [-0.2, -0.15) is 4.31 Å². The van der Waals surface area contributed by atoms with Crippen molar-refractivity contribution in [1.29, 1.82) is 0 Å². The molecule has 0 N–H and O–H groups in total. The van der Waals surface area contributed by atoms with Crippen molar-refractivity contribution in [1.82, 2.24) is 4.31 Å². The first-order valence-electron chi connectivity index (χ1n) is 6.21. The Morgan fingerprint density at radius 3 is 2.60 bits per heavy atom. The van der Waals surface area contributed by atoms with Gasteiger partial charge in [-0.15, -0.1) is 11.8 Å². The summed E-state index contributed by atoms with van der Waals surface area (Å²) < 4.78 is 31.1. The largest absolute Gasteiger partial charge is 0.468 e. The molecule has 0 aromatic heterocycles. The quantitative estimate of drug-likeness (QED) is 0.786. The number of carbonyl (C=O) groups excluding carboxylic acids is 1. The molecule has 0 aliphatic carbocycles. The molecule has 1 aliphatic rings. The van der Waals surface area contributed by atoms with Gasteiger partial charge in [0.15, 0.2) is 0 Å². The molecule has 5 nitrogen and oxygen atoms in total. The summed E-state index contributed by atoms with van der Waals surface area (Å²) in [7, 11) is -2.23. The number of nitrogens with zero attached hydrogens (tertiary/aromatic N) is 1. The summed E-state index contributed by atoms with van der Waals surface area (Å²) >= 11 is 1.43. The maximum atomic E-state index is 12.5. The lowest BCUT2D eigenvalue weighted by molar-refractivity contribution is -0.140. The van der Waals surface area contributed by atoms with E-state index in [0.29, 0.717) is 12.3 Å². The van der Waals surface area contributed by atoms with Crippen LogP contribution in [0.3, 0.4) is 0 Å². The third kappa shape index (κ3) is 3.16. The molecule has 20 heavy (non-hydrogen) atoms. The highest BCUT2D eigenvalue weighted by Crippen LogP contribution is 2.25. The number of benzene rings is 1. The van der Waals surface area contributed by atoms with Crippen molar-refractivity contribution >= 4 is 27.8 Å². The Labute approximate surface area is 123 Å². The zero-order valence-electron chi connectivity index (χ0n) is 11.4. The van der Waals surface area contributed by atoms with E-state index in [0.717, 1.165) is 5.56 Å². The summed E-state index contributed by atoms with van der Waals surface area (Å²) in [4.78, 5) is 11.8. The number of sulfonamides is 1. The Morgan fingerprint density at radius 2 is 2.00 bits per heavy atom. The third-order valence-electron chi connectivity index (χ3n) is 3.15. The van der Waals surface area contributed by atoms with Crippen LogP contribution in [0.25, 0.3) is 0 Å². The van der Waals surface area contributed by atoms with Crippen LogP contribution < -0.4 is 0 Å². The van der Waals surface area contributed by atoms with Crippen LogP contribution >= 0.6 is 11.8 Å². The molecule has 1 aromatic carbocycles. The fourth-order valence-electron chi connectivity index (χ4n) is 1.98. The molecule has 1 aliphatic heterocycles. The third-order valence-corrected chi connectivity index (χ3v) is 6.19. The van der Waals surface area contributed by atoms with Gasteiger partial charge in [-0.05, 0) is 19.1 Å². The van der Waals surface area contributed by atoms with Crippen LogP contribution in [0.4, 0.5) is 0 Å². The molecular weight excluding hydrogens is 298 g/mol. The van der Waals surface area contributed by atoms with Crippen molar-refractivity contribution in [3.05, 3.63) is 29.8 Å². The normalized spacial score (nSPS) is 20.6. The number of carbonyl (C=O) groups is 1. The van der Waals surface area contributed by atoms with E-state index in [1.165, 1.54) is 23.2 Å². The highest BCUT2D eigenvalue weighted by Gasteiger charge is 2.34. The van der Waals surface area contributed by atoms with Crippen LogP contribution in [0, 0.1) is 6.92 Å². The Balaban J connectivity index is 2.21. The van der Waals surface area contributed by atoms with Crippen molar-refractivity contribution < 1.29 is 17.9 Å². The molecule has 7 heteroatoms. The van der Waals surface area contributed by atoms with Gasteiger partial charge in [0.2, 0.25) is 10.0 Å². The Hall–Kier alpha value is -1.05. The summed E-state index contributed by atoms with van der Waals surface area (Å²) in [6, 6.07) is 6.73. The monoisotopic (exact) mass is 315 g/mol. The van der Waals surface area contributed by atoms with E-state index in [1.54, 1.807) is 24.3 Å². The fourth-order valence-corrected chi connectivity index (χ4v) is 4.77. The highest BCUT2D eigenvalue weighted by molar-refractivity contribution is 8.00. The smallest absolute Gasteiger partial charge is 0.320 e. The Kier molecular flexibility index (Phi) is 4.72. The molecule has 1 saturated heterocycles. The molecule has 0 amide bonds. The van der Waals surface area contributed by atoms with E-state index >= 15 is 0 Å². The summed E-state index contributed by atoms with van der Waals surface area (Å²) in [6.45, 7) is 2.48. The SMILES string of the molecule is COC(=O)[C@@H]1CN(S(=O)(=O)c2ccc(C)cc2)CCS1. The molecule has 1 heterocycles. The minimum atomic E-state index is -3.54. The molecule has 1 aromatic rings. The van der Waals surface area contributed by atoms with Gasteiger partial charge in [-0.1, -0.05) is 17.7 Å². The van der Waals surface area contributed by atoms with Crippen molar-refractivity contribution in [2.75, 3.05) is 26.0 Å². The van der Waals surface area contributed by atoms with E-state index in [2.05, 4.69) is 0 Å². The molecule has 0 bridgehead atoms. The summed E-state index contributed by atoms with van der Waals surface area (Å²) in [5, 5.41) is -0.450. The van der Waals surface area contributed by atoms with Crippen molar-refractivity contribution in [3.63, 3.8) is 0 Å². The highest BCUT2D eigenvalue weighted by atomic mass is 32.2. The number of methoxy groups -OCH3 is 1. The molecule has 0 spiro atoms. The Morgan fingerprint density at radius 1 is 1.35 bits per heavy atom. The Bertz CT molecular complexity index is 583. The van der Waals surface area contributed by atoms with E-state index in [9.17, 15) is 13.2 Å². The first kappa shape index (κ1) is 15.3. The van der Waals surface area contributed by atoms with Gasteiger partial charge in [0.05, 0.1) is 12.0 Å². The van der Waals surface area contributed by atoms with Gasteiger partial charge < -0.3 is 4.74 Å². The summed E-state index contributed by atoms with van der Waals surface area (Å²) in [5.41, 5.74) is 1.01. The van der Waals surface area contributed by atoms with E-state index in [4.69, 9.17) is 4.74 Å². The number of aryl methyl sites for hydroxylation is 1. The molecule has 1 fully saturated rings. The number of hydrogen-bond acceptors (Lipinski definition) is 5. The summed E-state index contributed by atoms with van der Waals surface area (Å²) in [6.07, 6.45) is 0. The number of esters is 1. The predicted molar refractivity (Wildman–Crippen MR) is 78.2 cm³/mol. The molecule has 110 valence electrons. The zero-order valence-corrected chi connectivity index (χ0v) is 13.0. The van der Waals surface area contributed by atoms with Crippen molar-refractivity contribution in [2.24, 2.45) is 0 Å². The lowest BCUT2D eigenvalue weighted by atomic mass is 10.2.